The van der Waals surface area contributed by atoms with Crippen molar-refractivity contribution in [3.05, 3.63) is 18.5 Å². The molecule has 0 bridgehead atoms. The second kappa shape index (κ2) is 8.53. The zero-order valence-electron chi connectivity index (χ0n) is 10.1. The van der Waals surface area contributed by atoms with Gasteiger partial charge in [0.2, 0.25) is 0 Å². The average Bonchev–Trinajstić information content (AvgIpc) is 2.34. The Morgan fingerprint density at radius 3 is 2.62 bits per heavy atom. The van der Waals surface area contributed by atoms with Gasteiger partial charge in [0.1, 0.15) is 0 Å². The highest BCUT2D eigenvalue weighted by atomic mass is 32.2. The van der Waals surface area contributed by atoms with E-state index < -0.39 is 0 Å². The van der Waals surface area contributed by atoms with Crippen molar-refractivity contribution in [3.8, 4) is 0 Å². The number of nitrogens with one attached hydrogen (secondary N) is 1. The quantitative estimate of drug-likeness (QED) is 0.559. The van der Waals surface area contributed by atoms with Crippen LogP contribution in [-0.2, 0) is 0 Å². The normalized spacial score (nSPS) is 12.6. The molecule has 1 rings (SSSR count). The van der Waals surface area contributed by atoms with Crippen LogP contribution in [0.5, 0.6) is 0 Å². The Bertz CT molecular complexity index is 266. The van der Waals surface area contributed by atoms with Crippen LogP contribution >= 0.6 is 11.8 Å². The van der Waals surface area contributed by atoms with Gasteiger partial charge < -0.3 is 5.32 Å². The lowest BCUT2D eigenvalue weighted by Crippen LogP contribution is -2.31. The number of rotatable bonds is 8. The van der Waals surface area contributed by atoms with Gasteiger partial charge in [0.25, 0.3) is 0 Å². The van der Waals surface area contributed by atoms with Gasteiger partial charge in [-0.15, -0.1) is 0 Å². The van der Waals surface area contributed by atoms with Crippen LogP contribution < -0.4 is 5.32 Å². The molecule has 1 aromatic rings. The minimum Gasteiger partial charge on any atom is -0.313 e. The van der Waals surface area contributed by atoms with Crippen molar-refractivity contribution in [2.24, 2.45) is 0 Å². The van der Waals surface area contributed by atoms with E-state index in [9.17, 15) is 0 Å². The first kappa shape index (κ1) is 13.5. The third kappa shape index (κ3) is 5.47. The summed E-state index contributed by atoms with van der Waals surface area (Å²) in [7, 11) is 0. The summed E-state index contributed by atoms with van der Waals surface area (Å²) in [6.45, 7) is 5.52. The number of thioether (sulfide) groups is 1. The van der Waals surface area contributed by atoms with E-state index >= 15 is 0 Å². The van der Waals surface area contributed by atoms with Crippen molar-refractivity contribution < 1.29 is 0 Å². The lowest BCUT2D eigenvalue weighted by Gasteiger charge is -2.16. The van der Waals surface area contributed by atoms with Gasteiger partial charge in [0.15, 0.2) is 5.16 Å². The van der Waals surface area contributed by atoms with E-state index in [1.807, 2.05) is 6.07 Å². The Labute approximate surface area is 102 Å². The van der Waals surface area contributed by atoms with Crippen molar-refractivity contribution in [3.63, 3.8) is 0 Å². The number of hydrogen-bond donors (Lipinski definition) is 1. The van der Waals surface area contributed by atoms with Crippen molar-refractivity contribution in [2.75, 3.05) is 12.3 Å². The molecule has 16 heavy (non-hydrogen) atoms. The first-order valence-corrected chi connectivity index (χ1v) is 6.98. The first-order valence-electron chi connectivity index (χ1n) is 6.00. The topological polar surface area (TPSA) is 37.8 Å². The van der Waals surface area contributed by atoms with E-state index in [0.717, 1.165) is 17.5 Å². The molecule has 0 aliphatic heterocycles. The van der Waals surface area contributed by atoms with Crippen LogP contribution in [0.4, 0.5) is 0 Å². The molecule has 0 fully saturated rings. The monoisotopic (exact) mass is 239 g/mol. The van der Waals surface area contributed by atoms with Crippen molar-refractivity contribution >= 4 is 11.8 Å². The Morgan fingerprint density at radius 2 is 2.00 bits per heavy atom. The van der Waals surface area contributed by atoms with Gasteiger partial charge in [-0.2, -0.15) is 0 Å². The molecule has 0 saturated carbocycles. The summed E-state index contributed by atoms with van der Waals surface area (Å²) in [6.07, 6.45) is 7.22. The smallest absolute Gasteiger partial charge is 0.187 e. The fourth-order valence-electron chi connectivity index (χ4n) is 1.48. The van der Waals surface area contributed by atoms with Gasteiger partial charge in [0, 0.05) is 24.2 Å². The van der Waals surface area contributed by atoms with Gasteiger partial charge in [-0.1, -0.05) is 32.0 Å². The Hall–Kier alpha value is -0.610. The molecule has 0 saturated heterocycles. The molecule has 0 aliphatic rings. The highest BCUT2D eigenvalue weighted by Crippen LogP contribution is 2.14. The summed E-state index contributed by atoms with van der Waals surface area (Å²) >= 11 is 1.73. The summed E-state index contributed by atoms with van der Waals surface area (Å²) in [5, 5.41) is 4.44. The fraction of sp³-hybridized carbons (Fsp3) is 0.667. The summed E-state index contributed by atoms with van der Waals surface area (Å²) in [4.78, 5) is 8.43. The molecule has 1 aromatic heterocycles. The molecule has 0 aliphatic carbocycles. The minimum atomic E-state index is 0.582. The molecule has 0 spiro atoms. The number of hydrogen-bond acceptors (Lipinski definition) is 4. The molecular weight excluding hydrogens is 218 g/mol. The summed E-state index contributed by atoms with van der Waals surface area (Å²) in [6, 6.07) is 2.43. The number of nitrogens with zero attached hydrogens (tertiary/aromatic N) is 2. The molecular formula is C12H21N3S. The zero-order valence-corrected chi connectivity index (χ0v) is 11.0. The van der Waals surface area contributed by atoms with E-state index in [-0.39, 0.29) is 0 Å². The maximum Gasteiger partial charge on any atom is 0.187 e. The predicted octanol–water partition coefficient (Wildman–Crippen LogP) is 2.74. The van der Waals surface area contributed by atoms with Crippen LogP contribution in [-0.4, -0.2) is 28.3 Å². The standard InChI is InChI=1S/C12H21N3S/c1-3-6-11(13-7-4-2)10-16-12-14-8-5-9-15-12/h5,8-9,11,13H,3-4,6-7,10H2,1-2H3. The van der Waals surface area contributed by atoms with Gasteiger partial charge in [-0.25, -0.2) is 9.97 Å². The molecule has 3 nitrogen and oxygen atoms in total. The Balaban J connectivity index is 2.31. The highest BCUT2D eigenvalue weighted by Gasteiger charge is 2.07. The largest absolute Gasteiger partial charge is 0.313 e. The molecule has 1 atom stereocenters. The van der Waals surface area contributed by atoms with Crippen LogP contribution in [0.25, 0.3) is 0 Å². The molecule has 0 amide bonds. The van der Waals surface area contributed by atoms with Crippen molar-refractivity contribution in [1.82, 2.24) is 15.3 Å². The van der Waals surface area contributed by atoms with Crippen molar-refractivity contribution in [1.29, 1.82) is 0 Å². The van der Waals surface area contributed by atoms with E-state index in [1.54, 1.807) is 24.2 Å². The van der Waals surface area contributed by atoms with Gasteiger partial charge >= 0.3 is 0 Å². The van der Waals surface area contributed by atoms with Crippen molar-refractivity contribution in [2.45, 2.75) is 44.3 Å². The lowest BCUT2D eigenvalue weighted by atomic mass is 10.2. The van der Waals surface area contributed by atoms with Crippen LogP contribution in [0.3, 0.4) is 0 Å². The SMILES string of the molecule is CCCNC(CCC)CSc1ncccn1. The minimum absolute atomic E-state index is 0.582. The van der Waals surface area contributed by atoms with E-state index in [2.05, 4.69) is 29.1 Å². The molecule has 1 N–H and O–H groups in total. The fourth-order valence-corrected chi connectivity index (χ4v) is 2.38. The van der Waals surface area contributed by atoms with E-state index in [1.165, 1.54) is 19.3 Å². The Morgan fingerprint density at radius 1 is 1.25 bits per heavy atom. The zero-order chi connectivity index (χ0) is 11.6. The molecule has 90 valence electrons. The summed E-state index contributed by atoms with van der Waals surface area (Å²) < 4.78 is 0. The second-order valence-corrected chi connectivity index (χ2v) is 4.77. The second-order valence-electron chi connectivity index (χ2n) is 3.78. The predicted molar refractivity (Wildman–Crippen MR) is 69.7 cm³/mol. The molecule has 0 radical (unpaired) electrons. The van der Waals surface area contributed by atoms with Crippen LogP contribution in [0, 0.1) is 0 Å². The maximum atomic E-state index is 4.22. The average molecular weight is 239 g/mol. The van der Waals surface area contributed by atoms with Gasteiger partial charge in [-0.3, -0.25) is 0 Å². The summed E-state index contributed by atoms with van der Waals surface area (Å²) in [5.74, 6) is 1.05. The van der Waals surface area contributed by atoms with Crippen LogP contribution in [0.1, 0.15) is 33.1 Å². The van der Waals surface area contributed by atoms with Crippen LogP contribution in [0.2, 0.25) is 0 Å². The molecule has 0 aromatic carbocycles. The van der Waals surface area contributed by atoms with Gasteiger partial charge in [-0.05, 0) is 25.5 Å². The first-order chi connectivity index (χ1) is 7.86. The highest BCUT2D eigenvalue weighted by molar-refractivity contribution is 7.99. The Kier molecular flexibility index (Phi) is 7.17. The van der Waals surface area contributed by atoms with Crippen LogP contribution in [0.15, 0.2) is 23.6 Å². The third-order valence-corrected chi connectivity index (χ3v) is 3.31. The molecule has 4 heteroatoms. The summed E-state index contributed by atoms with van der Waals surface area (Å²) in [5.41, 5.74) is 0. The number of aromatic nitrogens is 2. The van der Waals surface area contributed by atoms with E-state index in [0.29, 0.717) is 6.04 Å². The van der Waals surface area contributed by atoms with E-state index in [4.69, 9.17) is 0 Å². The maximum absolute atomic E-state index is 4.22. The molecule has 1 heterocycles. The van der Waals surface area contributed by atoms with Gasteiger partial charge in [0.05, 0.1) is 0 Å². The third-order valence-electron chi connectivity index (χ3n) is 2.28. The lowest BCUT2D eigenvalue weighted by molar-refractivity contribution is 0.514. The molecule has 1 unspecified atom stereocenters.